The van der Waals surface area contributed by atoms with Crippen LogP contribution in [0.4, 0.5) is 0 Å². The number of fused-ring (bicyclic) bond motifs is 2. The van der Waals surface area contributed by atoms with E-state index in [-0.39, 0.29) is 5.91 Å². The fourth-order valence-corrected chi connectivity index (χ4v) is 3.36. The van der Waals surface area contributed by atoms with Gasteiger partial charge in [0.2, 0.25) is 5.88 Å². The molecule has 0 spiro atoms. The standard InChI is InChI=1S/C22H22N2O4/c1-14-22(25)24(12-15-4-7-18(26-2)8-5-15)13-17-10-16-6-9-19(27-3)11-20(16)23-21(17)28-14/h4-11,14H,12-13H2,1-3H3/t14-/m0/s1. The summed E-state index contributed by atoms with van der Waals surface area (Å²) in [4.78, 5) is 19.3. The molecule has 0 saturated carbocycles. The van der Waals surface area contributed by atoms with Crippen molar-refractivity contribution in [2.45, 2.75) is 26.1 Å². The van der Waals surface area contributed by atoms with Crippen molar-refractivity contribution in [3.8, 4) is 17.4 Å². The maximum atomic E-state index is 12.9. The topological polar surface area (TPSA) is 60.9 Å². The van der Waals surface area contributed by atoms with Crippen LogP contribution >= 0.6 is 0 Å². The molecule has 4 rings (SSSR count). The van der Waals surface area contributed by atoms with Crippen molar-refractivity contribution in [2.24, 2.45) is 0 Å². The molecule has 3 aromatic rings. The highest BCUT2D eigenvalue weighted by atomic mass is 16.5. The molecule has 0 radical (unpaired) electrons. The number of hydrogen-bond acceptors (Lipinski definition) is 5. The van der Waals surface area contributed by atoms with Gasteiger partial charge in [0.15, 0.2) is 6.10 Å². The number of hydrogen-bond donors (Lipinski definition) is 0. The molecule has 1 aromatic heterocycles. The Morgan fingerprint density at radius 1 is 1.07 bits per heavy atom. The van der Waals surface area contributed by atoms with Crippen LogP contribution in [-0.4, -0.2) is 36.1 Å². The SMILES string of the molecule is COc1ccc(CN2Cc3cc4ccc(OC)cc4nc3O[C@@H](C)C2=O)cc1. The number of nitrogens with zero attached hydrogens (tertiary/aromatic N) is 2. The van der Waals surface area contributed by atoms with Gasteiger partial charge in [-0.1, -0.05) is 12.1 Å². The number of amides is 1. The predicted molar refractivity (Wildman–Crippen MR) is 106 cm³/mol. The van der Waals surface area contributed by atoms with Crippen LogP contribution in [0.15, 0.2) is 48.5 Å². The first-order valence-corrected chi connectivity index (χ1v) is 9.13. The van der Waals surface area contributed by atoms with Gasteiger partial charge in [-0.05, 0) is 42.8 Å². The zero-order valence-corrected chi connectivity index (χ0v) is 16.1. The van der Waals surface area contributed by atoms with Crippen LogP contribution in [0.1, 0.15) is 18.1 Å². The number of rotatable bonds is 4. The Morgan fingerprint density at radius 3 is 2.50 bits per heavy atom. The number of benzene rings is 2. The van der Waals surface area contributed by atoms with Gasteiger partial charge < -0.3 is 19.1 Å². The molecule has 0 bridgehead atoms. The van der Waals surface area contributed by atoms with Crippen LogP contribution in [-0.2, 0) is 17.9 Å². The first-order valence-electron chi connectivity index (χ1n) is 9.13. The Morgan fingerprint density at radius 2 is 1.79 bits per heavy atom. The van der Waals surface area contributed by atoms with Crippen molar-refractivity contribution in [1.82, 2.24) is 9.88 Å². The minimum absolute atomic E-state index is 0.0598. The number of pyridine rings is 1. The van der Waals surface area contributed by atoms with E-state index in [4.69, 9.17) is 14.2 Å². The Hall–Kier alpha value is -3.28. The van der Waals surface area contributed by atoms with Crippen molar-refractivity contribution in [1.29, 1.82) is 0 Å². The lowest BCUT2D eigenvalue weighted by atomic mass is 10.1. The largest absolute Gasteiger partial charge is 0.497 e. The van der Waals surface area contributed by atoms with Crippen LogP contribution in [0.25, 0.3) is 10.9 Å². The quantitative estimate of drug-likeness (QED) is 0.695. The van der Waals surface area contributed by atoms with E-state index >= 15 is 0 Å². The summed E-state index contributed by atoms with van der Waals surface area (Å²) in [6.07, 6.45) is -0.602. The lowest BCUT2D eigenvalue weighted by Gasteiger charge is -2.22. The smallest absolute Gasteiger partial charge is 0.264 e. The maximum Gasteiger partial charge on any atom is 0.264 e. The summed E-state index contributed by atoms with van der Waals surface area (Å²) in [5.41, 5.74) is 2.70. The lowest BCUT2D eigenvalue weighted by Crippen LogP contribution is -2.37. The number of methoxy groups -OCH3 is 2. The minimum atomic E-state index is -0.602. The average molecular weight is 378 g/mol. The summed E-state index contributed by atoms with van der Waals surface area (Å²) in [6.45, 7) is 2.70. The molecule has 1 aliphatic rings. The van der Waals surface area contributed by atoms with Crippen LogP contribution < -0.4 is 14.2 Å². The molecule has 1 amide bonds. The molecule has 6 nitrogen and oxygen atoms in total. The molecular formula is C22H22N2O4. The normalized spacial score (nSPS) is 16.3. The fourth-order valence-electron chi connectivity index (χ4n) is 3.36. The van der Waals surface area contributed by atoms with Crippen LogP contribution in [0, 0.1) is 0 Å². The van der Waals surface area contributed by atoms with Gasteiger partial charge in [0.25, 0.3) is 5.91 Å². The summed E-state index contributed by atoms with van der Waals surface area (Å²) in [5, 5.41) is 0.981. The van der Waals surface area contributed by atoms with E-state index in [1.54, 1.807) is 26.0 Å². The molecule has 2 heterocycles. The van der Waals surface area contributed by atoms with Crippen molar-refractivity contribution < 1.29 is 19.0 Å². The van der Waals surface area contributed by atoms with Gasteiger partial charge >= 0.3 is 0 Å². The Labute approximate surface area is 163 Å². The van der Waals surface area contributed by atoms with Gasteiger partial charge in [-0.2, -0.15) is 0 Å². The van der Waals surface area contributed by atoms with Gasteiger partial charge in [-0.25, -0.2) is 4.98 Å². The summed E-state index contributed by atoms with van der Waals surface area (Å²) >= 11 is 0. The second-order valence-corrected chi connectivity index (χ2v) is 6.81. The highest BCUT2D eigenvalue weighted by Crippen LogP contribution is 2.30. The van der Waals surface area contributed by atoms with E-state index in [0.29, 0.717) is 19.0 Å². The van der Waals surface area contributed by atoms with Gasteiger partial charge in [-0.15, -0.1) is 0 Å². The maximum absolute atomic E-state index is 12.9. The molecule has 144 valence electrons. The van der Waals surface area contributed by atoms with Crippen LogP contribution in [0.3, 0.4) is 0 Å². The summed E-state index contributed by atoms with van der Waals surface area (Å²) in [6, 6.07) is 15.5. The molecule has 1 atom stereocenters. The Balaban J connectivity index is 1.67. The fraction of sp³-hybridized carbons (Fsp3) is 0.273. The monoisotopic (exact) mass is 378 g/mol. The van der Waals surface area contributed by atoms with E-state index in [9.17, 15) is 4.79 Å². The van der Waals surface area contributed by atoms with Gasteiger partial charge in [0.1, 0.15) is 11.5 Å². The zero-order chi connectivity index (χ0) is 19.7. The summed E-state index contributed by atoms with van der Waals surface area (Å²) in [7, 11) is 3.26. The first-order chi connectivity index (χ1) is 13.6. The first kappa shape index (κ1) is 18.1. The lowest BCUT2D eigenvalue weighted by molar-refractivity contribution is -0.138. The van der Waals surface area contributed by atoms with E-state index in [1.165, 1.54) is 0 Å². The number of ether oxygens (including phenoxy) is 3. The molecule has 0 N–H and O–H groups in total. The third kappa shape index (κ3) is 3.45. The van der Waals surface area contributed by atoms with Crippen molar-refractivity contribution in [3.63, 3.8) is 0 Å². The molecule has 2 aromatic carbocycles. The van der Waals surface area contributed by atoms with Gasteiger partial charge in [0, 0.05) is 23.6 Å². The second-order valence-electron chi connectivity index (χ2n) is 6.81. The van der Waals surface area contributed by atoms with Crippen molar-refractivity contribution >= 4 is 16.8 Å². The van der Waals surface area contributed by atoms with E-state index in [0.717, 1.165) is 33.5 Å². The zero-order valence-electron chi connectivity index (χ0n) is 16.1. The van der Waals surface area contributed by atoms with Gasteiger partial charge in [0.05, 0.1) is 26.3 Å². The molecular weight excluding hydrogens is 356 g/mol. The molecule has 0 saturated heterocycles. The Bertz CT molecular complexity index is 1020. The highest BCUT2D eigenvalue weighted by Gasteiger charge is 2.29. The van der Waals surface area contributed by atoms with Gasteiger partial charge in [-0.3, -0.25) is 4.79 Å². The molecule has 0 fully saturated rings. The Kier molecular flexibility index (Phi) is 4.77. The molecule has 1 aliphatic heterocycles. The summed E-state index contributed by atoms with van der Waals surface area (Å²) in [5.74, 6) is 1.97. The number of carbonyl (C=O) groups excluding carboxylic acids is 1. The van der Waals surface area contributed by atoms with Crippen molar-refractivity contribution in [2.75, 3.05) is 14.2 Å². The molecule has 0 aliphatic carbocycles. The number of aromatic nitrogens is 1. The van der Waals surface area contributed by atoms with E-state index in [1.807, 2.05) is 48.5 Å². The molecule has 6 heteroatoms. The second kappa shape index (κ2) is 7.38. The minimum Gasteiger partial charge on any atom is -0.497 e. The number of carbonyl (C=O) groups is 1. The third-order valence-electron chi connectivity index (χ3n) is 4.91. The highest BCUT2D eigenvalue weighted by molar-refractivity contribution is 5.84. The van der Waals surface area contributed by atoms with Crippen LogP contribution in [0.5, 0.6) is 17.4 Å². The average Bonchev–Trinajstić information content (AvgIpc) is 2.83. The van der Waals surface area contributed by atoms with E-state index in [2.05, 4.69) is 4.98 Å². The molecule has 28 heavy (non-hydrogen) atoms. The van der Waals surface area contributed by atoms with E-state index < -0.39 is 6.10 Å². The molecule has 0 unspecified atom stereocenters. The predicted octanol–water partition coefficient (Wildman–Crippen LogP) is 3.56. The van der Waals surface area contributed by atoms with Crippen LogP contribution in [0.2, 0.25) is 0 Å². The third-order valence-corrected chi connectivity index (χ3v) is 4.91. The van der Waals surface area contributed by atoms with Crippen molar-refractivity contribution in [3.05, 3.63) is 59.7 Å². The summed E-state index contributed by atoms with van der Waals surface area (Å²) < 4.78 is 16.4.